The zero-order valence-corrected chi connectivity index (χ0v) is 16.4. The molecule has 2 aromatic carbocycles. The zero-order valence-electron chi connectivity index (χ0n) is 15.6. The maximum Gasteiger partial charge on any atom is 0.347 e. The number of phenols is 1. The summed E-state index contributed by atoms with van der Waals surface area (Å²) in [6, 6.07) is 10.4. The van der Waals surface area contributed by atoms with E-state index in [1.54, 1.807) is 30.3 Å². The van der Waals surface area contributed by atoms with Crippen LogP contribution in [0.25, 0.3) is 0 Å². The third kappa shape index (κ3) is 4.35. The Hall–Kier alpha value is -2.00. The fraction of sp³-hybridized carbons (Fsp3) is 0.381. The molecule has 0 saturated carbocycles. The van der Waals surface area contributed by atoms with E-state index in [2.05, 4.69) is 20.8 Å². The molecule has 3 nitrogen and oxygen atoms in total. The summed E-state index contributed by atoms with van der Waals surface area (Å²) >= 11 is 6.06. The number of halogens is 1. The van der Waals surface area contributed by atoms with E-state index in [4.69, 9.17) is 16.3 Å². The van der Waals surface area contributed by atoms with Crippen LogP contribution in [0, 0.1) is 0 Å². The molecular formula is C21H25ClO3. The first kappa shape index (κ1) is 19.3. The van der Waals surface area contributed by atoms with Gasteiger partial charge in [-0.05, 0) is 34.6 Å². The second-order valence-electron chi connectivity index (χ2n) is 8.24. The number of carbonyl (C=O) groups excluding carboxylic acids is 1. The molecule has 0 aromatic heterocycles. The van der Waals surface area contributed by atoms with Crippen molar-refractivity contribution in [3.05, 3.63) is 58.1 Å². The third-order valence-corrected chi connectivity index (χ3v) is 4.36. The molecule has 0 bridgehead atoms. The van der Waals surface area contributed by atoms with Gasteiger partial charge in [-0.2, -0.15) is 0 Å². The van der Waals surface area contributed by atoms with Crippen molar-refractivity contribution in [2.24, 2.45) is 0 Å². The lowest BCUT2D eigenvalue weighted by molar-refractivity contribution is 0.0731. The number of benzene rings is 2. The normalized spacial score (nSPS) is 12.1. The number of hydrogen-bond donors (Lipinski definition) is 1. The van der Waals surface area contributed by atoms with Crippen molar-refractivity contribution in [3.63, 3.8) is 0 Å². The van der Waals surface area contributed by atoms with Gasteiger partial charge in [-0.25, -0.2) is 4.79 Å². The summed E-state index contributed by atoms with van der Waals surface area (Å²) in [5.41, 5.74) is 1.34. The number of para-hydroxylation sites is 1. The van der Waals surface area contributed by atoms with Crippen molar-refractivity contribution in [3.8, 4) is 11.5 Å². The van der Waals surface area contributed by atoms with E-state index in [1.807, 2.05) is 26.8 Å². The molecule has 0 atom stereocenters. The molecule has 0 aliphatic carbocycles. The Morgan fingerprint density at radius 1 is 1.00 bits per heavy atom. The third-order valence-electron chi connectivity index (χ3n) is 4.04. The van der Waals surface area contributed by atoms with Crippen molar-refractivity contribution >= 4 is 17.6 Å². The van der Waals surface area contributed by atoms with Gasteiger partial charge < -0.3 is 9.84 Å². The molecule has 0 spiro atoms. The fourth-order valence-corrected chi connectivity index (χ4v) is 2.65. The first-order valence-corrected chi connectivity index (χ1v) is 8.63. The average molecular weight is 361 g/mol. The van der Waals surface area contributed by atoms with Crippen molar-refractivity contribution in [2.75, 3.05) is 0 Å². The summed E-state index contributed by atoms with van der Waals surface area (Å²) in [5, 5.41) is 11.0. The minimum atomic E-state index is -0.623. The van der Waals surface area contributed by atoms with Crippen molar-refractivity contribution < 1.29 is 14.6 Å². The first-order chi connectivity index (χ1) is 11.4. The van der Waals surface area contributed by atoms with Gasteiger partial charge in [0, 0.05) is 5.56 Å². The molecule has 2 aromatic rings. The molecule has 134 valence electrons. The Labute approximate surface area is 154 Å². The van der Waals surface area contributed by atoms with E-state index in [1.165, 1.54) is 0 Å². The van der Waals surface area contributed by atoms with E-state index in [9.17, 15) is 9.90 Å². The molecule has 4 heteroatoms. The van der Waals surface area contributed by atoms with Crippen LogP contribution in [0.1, 0.15) is 63.0 Å². The Morgan fingerprint density at radius 2 is 1.60 bits per heavy atom. The van der Waals surface area contributed by atoms with Crippen LogP contribution < -0.4 is 4.74 Å². The molecule has 0 unspecified atom stereocenters. The summed E-state index contributed by atoms with van der Waals surface area (Å²) in [7, 11) is 0. The molecule has 0 saturated heterocycles. The molecule has 0 aliphatic rings. The quantitative estimate of drug-likeness (QED) is 0.539. The van der Waals surface area contributed by atoms with Gasteiger partial charge >= 0.3 is 5.97 Å². The molecule has 1 N–H and O–H groups in total. The Bertz CT molecular complexity index is 796. The SMILES string of the molecule is CC(C)(C)c1cc(C(=O)Oc2ccccc2Cl)c(O)c(C(C)(C)C)c1. The summed E-state index contributed by atoms with van der Waals surface area (Å²) in [6.07, 6.45) is 0. The average Bonchev–Trinajstić information content (AvgIpc) is 2.47. The topological polar surface area (TPSA) is 46.5 Å². The number of phenolic OH excluding ortho intramolecular Hbond substituents is 1. The zero-order chi connectivity index (χ0) is 19.0. The molecule has 0 heterocycles. The highest BCUT2D eigenvalue weighted by Crippen LogP contribution is 2.38. The highest BCUT2D eigenvalue weighted by atomic mass is 35.5. The van der Waals surface area contributed by atoms with Gasteiger partial charge in [0.1, 0.15) is 17.1 Å². The molecule has 0 amide bonds. The minimum Gasteiger partial charge on any atom is -0.507 e. The molecular weight excluding hydrogens is 336 g/mol. The number of aromatic hydroxyl groups is 1. The highest BCUT2D eigenvalue weighted by molar-refractivity contribution is 6.32. The predicted octanol–water partition coefficient (Wildman–Crippen LogP) is 5.86. The summed E-state index contributed by atoms with van der Waals surface area (Å²) in [6.45, 7) is 12.2. The van der Waals surface area contributed by atoms with Crippen molar-refractivity contribution in [1.29, 1.82) is 0 Å². The van der Waals surface area contributed by atoms with Gasteiger partial charge in [0.25, 0.3) is 0 Å². The number of carbonyl (C=O) groups is 1. The van der Waals surface area contributed by atoms with Crippen molar-refractivity contribution in [2.45, 2.75) is 52.4 Å². The highest BCUT2D eigenvalue weighted by Gasteiger charge is 2.28. The van der Waals surface area contributed by atoms with Crippen LogP contribution in [-0.4, -0.2) is 11.1 Å². The molecule has 0 fully saturated rings. The smallest absolute Gasteiger partial charge is 0.347 e. The number of hydrogen-bond acceptors (Lipinski definition) is 3. The largest absolute Gasteiger partial charge is 0.507 e. The van der Waals surface area contributed by atoms with Gasteiger partial charge in [0.2, 0.25) is 0 Å². The van der Waals surface area contributed by atoms with Gasteiger partial charge in [-0.15, -0.1) is 0 Å². The molecule has 0 aliphatic heterocycles. The monoisotopic (exact) mass is 360 g/mol. The lowest BCUT2D eigenvalue weighted by Crippen LogP contribution is -2.20. The van der Waals surface area contributed by atoms with Crippen LogP contribution in [0.4, 0.5) is 0 Å². The molecule has 2 rings (SSSR count). The maximum atomic E-state index is 12.7. The van der Waals surface area contributed by atoms with E-state index in [-0.39, 0.29) is 27.9 Å². The number of rotatable bonds is 2. The van der Waals surface area contributed by atoms with E-state index in [0.29, 0.717) is 10.6 Å². The van der Waals surface area contributed by atoms with Crippen LogP contribution in [0.15, 0.2) is 36.4 Å². The summed E-state index contributed by atoms with van der Waals surface area (Å²) in [5.74, 6) is -0.396. The van der Waals surface area contributed by atoms with Gasteiger partial charge in [-0.3, -0.25) is 0 Å². The molecule has 25 heavy (non-hydrogen) atoms. The standard InChI is InChI=1S/C21H25ClO3/c1-20(2,3)13-11-14(18(23)15(12-13)21(4,5)6)19(24)25-17-10-8-7-9-16(17)22/h7-12,23H,1-6H3. The first-order valence-electron chi connectivity index (χ1n) is 8.26. The van der Waals surface area contributed by atoms with Crippen LogP contribution >= 0.6 is 11.6 Å². The van der Waals surface area contributed by atoms with Crippen LogP contribution in [0.5, 0.6) is 11.5 Å². The Kier molecular flexibility index (Phi) is 5.19. The minimum absolute atomic E-state index is 0.0439. The Morgan fingerprint density at radius 3 is 2.12 bits per heavy atom. The summed E-state index contributed by atoms with van der Waals surface area (Å²) in [4.78, 5) is 12.7. The van der Waals surface area contributed by atoms with Crippen LogP contribution in [-0.2, 0) is 10.8 Å². The van der Waals surface area contributed by atoms with E-state index >= 15 is 0 Å². The molecule has 0 radical (unpaired) electrons. The van der Waals surface area contributed by atoms with Crippen LogP contribution in [0.2, 0.25) is 5.02 Å². The number of ether oxygens (including phenoxy) is 1. The van der Waals surface area contributed by atoms with E-state index in [0.717, 1.165) is 5.56 Å². The van der Waals surface area contributed by atoms with Gasteiger partial charge in [0.15, 0.2) is 0 Å². The second-order valence-corrected chi connectivity index (χ2v) is 8.65. The maximum absolute atomic E-state index is 12.7. The van der Waals surface area contributed by atoms with Gasteiger partial charge in [0.05, 0.1) is 5.02 Å². The second kappa shape index (κ2) is 6.72. The predicted molar refractivity (Wildman–Crippen MR) is 102 cm³/mol. The lowest BCUT2D eigenvalue weighted by Gasteiger charge is -2.27. The fourth-order valence-electron chi connectivity index (χ4n) is 2.48. The van der Waals surface area contributed by atoms with Crippen LogP contribution in [0.3, 0.4) is 0 Å². The Balaban J connectivity index is 2.56. The van der Waals surface area contributed by atoms with Gasteiger partial charge in [-0.1, -0.05) is 71.3 Å². The van der Waals surface area contributed by atoms with E-state index < -0.39 is 5.97 Å². The number of esters is 1. The van der Waals surface area contributed by atoms with Crippen molar-refractivity contribution in [1.82, 2.24) is 0 Å². The summed E-state index contributed by atoms with van der Waals surface area (Å²) < 4.78 is 5.42. The lowest BCUT2D eigenvalue weighted by atomic mass is 9.79.